The highest BCUT2D eigenvalue weighted by Crippen LogP contribution is 2.23. The molecule has 2 heterocycles. The number of imide groups is 1. The third-order valence-electron chi connectivity index (χ3n) is 4.59. The Hall–Kier alpha value is -2.28. The molecule has 25 heavy (non-hydrogen) atoms. The van der Waals surface area contributed by atoms with Gasteiger partial charge in [0.15, 0.2) is 0 Å². The fraction of sp³-hybridized carbons (Fsp3) is 0.500. The third-order valence-corrected chi connectivity index (χ3v) is 4.59. The second kappa shape index (κ2) is 7.74. The average molecular weight is 348 g/mol. The Kier molecular flexibility index (Phi) is 5.43. The lowest BCUT2D eigenvalue weighted by Gasteiger charge is -2.16. The van der Waals surface area contributed by atoms with Gasteiger partial charge < -0.3 is 10.1 Å². The van der Waals surface area contributed by atoms with Gasteiger partial charge in [-0.1, -0.05) is 12.1 Å². The van der Waals surface area contributed by atoms with Gasteiger partial charge in [0.25, 0.3) is 0 Å². The summed E-state index contributed by atoms with van der Waals surface area (Å²) in [5, 5.41) is 2.71. The second-order valence-corrected chi connectivity index (χ2v) is 6.49. The highest BCUT2D eigenvalue weighted by atomic mass is 19.1. The maximum atomic E-state index is 12.9. The van der Waals surface area contributed by atoms with E-state index in [9.17, 15) is 18.8 Å². The van der Waals surface area contributed by atoms with Crippen molar-refractivity contribution < 1.29 is 23.5 Å². The SMILES string of the molecule is O=C(CN1C(=O)C[C@@H](Cc2ccc(F)cc2)C1=O)NC[C@@H]1CCCO1. The minimum atomic E-state index is -0.496. The second-order valence-electron chi connectivity index (χ2n) is 6.49. The third kappa shape index (κ3) is 4.42. The monoisotopic (exact) mass is 348 g/mol. The lowest BCUT2D eigenvalue weighted by Crippen LogP contribution is -2.42. The van der Waals surface area contributed by atoms with Gasteiger partial charge in [0.05, 0.1) is 12.0 Å². The van der Waals surface area contributed by atoms with Crippen molar-refractivity contribution in [2.45, 2.75) is 31.8 Å². The van der Waals surface area contributed by atoms with E-state index >= 15 is 0 Å². The summed E-state index contributed by atoms with van der Waals surface area (Å²) in [4.78, 5) is 37.5. The molecule has 0 unspecified atom stereocenters. The number of nitrogens with one attached hydrogen (secondary N) is 1. The van der Waals surface area contributed by atoms with Crippen molar-refractivity contribution in [1.29, 1.82) is 0 Å². The zero-order valence-corrected chi connectivity index (χ0v) is 13.9. The summed E-state index contributed by atoms with van der Waals surface area (Å²) in [6.07, 6.45) is 2.34. The molecule has 3 amide bonds. The van der Waals surface area contributed by atoms with Crippen molar-refractivity contribution in [2.24, 2.45) is 5.92 Å². The Bertz CT molecular complexity index is 656. The van der Waals surface area contributed by atoms with Crippen LogP contribution in [0.2, 0.25) is 0 Å². The van der Waals surface area contributed by atoms with Gasteiger partial charge in [-0.05, 0) is 37.0 Å². The van der Waals surface area contributed by atoms with Crippen molar-refractivity contribution in [1.82, 2.24) is 10.2 Å². The molecule has 7 heteroatoms. The summed E-state index contributed by atoms with van der Waals surface area (Å²) in [6, 6.07) is 5.86. The van der Waals surface area contributed by atoms with E-state index in [0.29, 0.717) is 19.6 Å². The summed E-state index contributed by atoms with van der Waals surface area (Å²) in [5.41, 5.74) is 0.789. The first-order chi connectivity index (χ1) is 12.0. The fourth-order valence-corrected chi connectivity index (χ4v) is 3.21. The maximum absolute atomic E-state index is 12.9. The zero-order chi connectivity index (χ0) is 17.8. The van der Waals surface area contributed by atoms with E-state index in [1.54, 1.807) is 12.1 Å². The summed E-state index contributed by atoms with van der Waals surface area (Å²) in [7, 11) is 0. The predicted molar refractivity (Wildman–Crippen MR) is 86.9 cm³/mol. The molecule has 2 aliphatic rings. The number of hydrogen-bond donors (Lipinski definition) is 1. The van der Waals surface area contributed by atoms with E-state index in [4.69, 9.17) is 4.74 Å². The van der Waals surface area contributed by atoms with Crippen LogP contribution in [-0.2, 0) is 25.5 Å². The van der Waals surface area contributed by atoms with Crippen LogP contribution in [0.4, 0.5) is 4.39 Å². The zero-order valence-electron chi connectivity index (χ0n) is 13.9. The van der Waals surface area contributed by atoms with Gasteiger partial charge in [-0.25, -0.2) is 4.39 Å². The molecule has 134 valence electrons. The van der Waals surface area contributed by atoms with Crippen LogP contribution < -0.4 is 5.32 Å². The average Bonchev–Trinajstić information content (AvgIpc) is 3.19. The molecule has 2 saturated heterocycles. The fourth-order valence-electron chi connectivity index (χ4n) is 3.21. The molecule has 1 N–H and O–H groups in total. The highest BCUT2D eigenvalue weighted by Gasteiger charge is 2.39. The topological polar surface area (TPSA) is 75.7 Å². The summed E-state index contributed by atoms with van der Waals surface area (Å²) in [6.45, 7) is 0.840. The van der Waals surface area contributed by atoms with Gasteiger partial charge in [0.1, 0.15) is 12.4 Å². The maximum Gasteiger partial charge on any atom is 0.240 e. The predicted octanol–water partition coefficient (Wildman–Crippen LogP) is 1.04. The molecule has 3 rings (SSSR count). The van der Waals surface area contributed by atoms with E-state index in [2.05, 4.69) is 5.32 Å². The number of carbonyl (C=O) groups is 3. The van der Waals surface area contributed by atoms with Gasteiger partial charge >= 0.3 is 0 Å². The summed E-state index contributed by atoms with van der Waals surface area (Å²) >= 11 is 0. The number of likely N-dealkylation sites (tertiary alicyclic amines) is 1. The number of benzene rings is 1. The molecule has 1 aromatic carbocycles. The van der Waals surface area contributed by atoms with Crippen LogP contribution in [0.5, 0.6) is 0 Å². The number of amides is 3. The van der Waals surface area contributed by atoms with Crippen molar-refractivity contribution in [3.63, 3.8) is 0 Å². The molecular formula is C18H21FN2O4. The van der Waals surface area contributed by atoms with Crippen LogP contribution in [0.3, 0.4) is 0 Å². The van der Waals surface area contributed by atoms with Crippen molar-refractivity contribution in [3.8, 4) is 0 Å². The molecule has 6 nitrogen and oxygen atoms in total. The van der Waals surface area contributed by atoms with E-state index in [1.807, 2.05) is 0 Å². The van der Waals surface area contributed by atoms with Gasteiger partial charge in [-0.2, -0.15) is 0 Å². The van der Waals surface area contributed by atoms with Crippen LogP contribution in [0.1, 0.15) is 24.8 Å². The Morgan fingerprint density at radius 2 is 2.04 bits per heavy atom. The van der Waals surface area contributed by atoms with Crippen molar-refractivity contribution >= 4 is 17.7 Å². The number of hydrogen-bond acceptors (Lipinski definition) is 4. The van der Waals surface area contributed by atoms with Gasteiger partial charge in [0, 0.05) is 19.6 Å². The van der Waals surface area contributed by atoms with Crippen LogP contribution >= 0.6 is 0 Å². The molecule has 0 radical (unpaired) electrons. The number of carbonyl (C=O) groups excluding carboxylic acids is 3. The Labute approximate surface area is 145 Å². The molecule has 0 spiro atoms. The Morgan fingerprint density at radius 3 is 2.72 bits per heavy atom. The number of nitrogens with zero attached hydrogens (tertiary/aromatic N) is 1. The smallest absolute Gasteiger partial charge is 0.240 e. The molecule has 2 atom stereocenters. The number of ether oxygens (including phenoxy) is 1. The number of rotatable bonds is 6. The van der Waals surface area contributed by atoms with E-state index < -0.39 is 5.92 Å². The first kappa shape index (κ1) is 17.5. The summed E-state index contributed by atoms with van der Waals surface area (Å²) in [5.74, 6) is -1.89. The van der Waals surface area contributed by atoms with Crippen LogP contribution in [0, 0.1) is 11.7 Å². The minimum Gasteiger partial charge on any atom is -0.376 e. The molecule has 0 aromatic heterocycles. The van der Waals surface area contributed by atoms with E-state index in [1.165, 1.54) is 12.1 Å². The molecule has 2 fully saturated rings. The Balaban J connectivity index is 1.51. The molecule has 0 bridgehead atoms. The summed E-state index contributed by atoms with van der Waals surface area (Å²) < 4.78 is 18.4. The quantitative estimate of drug-likeness (QED) is 0.780. The molecule has 2 aliphatic heterocycles. The van der Waals surface area contributed by atoms with Crippen LogP contribution in [0.15, 0.2) is 24.3 Å². The molecule has 1 aromatic rings. The highest BCUT2D eigenvalue weighted by molar-refractivity contribution is 6.06. The first-order valence-electron chi connectivity index (χ1n) is 8.50. The number of halogens is 1. The molecule has 0 aliphatic carbocycles. The minimum absolute atomic E-state index is 0.0140. The normalized spacial score (nSPS) is 23.3. The van der Waals surface area contributed by atoms with Gasteiger partial charge in [0.2, 0.25) is 17.7 Å². The Morgan fingerprint density at radius 1 is 1.28 bits per heavy atom. The lowest BCUT2D eigenvalue weighted by molar-refractivity contribution is -0.143. The van der Waals surface area contributed by atoms with Gasteiger partial charge in [-0.15, -0.1) is 0 Å². The first-order valence-corrected chi connectivity index (χ1v) is 8.50. The van der Waals surface area contributed by atoms with Crippen molar-refractivity contribution in [3.05, 3.63) is 35.6 Å². The molecule has 0 saturated carbocycles. The molecular weight excluding hydrogens is 327 g/mol. The van der Waals surface area contributed by atoms with E-state index in [0.717, 1.165) is 23.3 Å². The lowest BCUT2D eigenvalue weighted by atomic mass is 9.98. The van der Waals surface area contributed by atoms with Crippen molar-refractivity contribution in [2.75, 3.05) is 19.7 Å². The largest absolute Gasteiger partial charge is 0.376 e. The van der Waals surface area contributed by atoms with Crippen LogP contribution in [-0.4, -0.2) is 48.4 Å². The standard InChI is InChI=1S/C18H21FN2O4/c19-14-5-3-12(4-6-14)8-13-9-17(23)21(18(13)24)11-16(22)20-10-15-2-1-7-25-15/h3-6,13,15H,1-2,7-11H2,(H,20,22)/t13-,15+/m1/s1. The van der Waals surface area contributed by atoms with Gasteiger partial charge in [-0.3, -0.25) is 19.3 Å². The van der Waals surface area contributed by atoms with E-state index in [-0.39, 0.29) is 42.6 Å². The van der Waals surface area contributed by atoms with Crippen LogP contribution in [0.25, 0.3) is 0 Å².